The molecule has 186 valence electrons. The van der Waals surface area contributed by atoms with E-state index in [1.807, 2.05) is 51.1 Å². The number of anilines is 1. The molecule has 0 saturated carbocycles. The van der Waals surface area contributed by atoms with Gasteiger partial charge in [0.1, 0.15) is 0 Å². The molecular weight excluding hydrogens is 568 g/mol. The molecule has 0 amide bonds. The average molecular weight is 603 g/mol. The number of ether oxygens (including phenoxy) is 1. The van der Waals surface area contributed by atoms with Gasteiger partial charge in [-0.15, -0.1) is 0 Å². The Morgan fingerprint density at radius 2 is 1.82 bits per heavy atom. The number of rotatable bonds is 13. The van der Waals surface area contributed by atoms with E-state index in [9.17, 15) is 8.42 Å². The first-order chi connectivity index (χ1) is 15.7. The van der Waals surface area contributed by atoms with Crippen LogP contribution in [0.5, 0.6) is 5.75 Å². The zero-order valence-corrected chi connectivity index (χ0v) is 23.7. The van der Waals surface area contributed by atoms with E-state index in [2.05, 4.69) is 12.2 Å². The number of benzene rings is 2. The predicted molar refractivity (Wildman–Crippen MR) is 137 cm³/mol. The molecular formula is C24H34Cl2N2O3RuS. The Kier molecular flexibility index (Phi) is 11.8. The van der Waals surface area contributed by atoms with Crippen molar-refractivity contribution in [3.05, 3.63) is 53.6 Å². The molecule has 0 radical (unpaired) electrons. The second-order valence-corrected chi connectivity index (χ2v) is 15.6. The van der Waals surface area contributed by atoms with Crippen molar-refractivity contribution in [3.8, 4) is 5.75 Å². The number of sulfonamides is 1. The van der Waals surface area contributed by atoms with E-state index in [1.54, 1.807) is 21.0 Å². The van der Waals surface area contributed by atoms with Crippen molar-refractivity contribution < 1.29 is 26.7 Å². The normalized spacial score (nSPS) is 12.2. The second kappa shape index (κ2) is 13.8. The summed E-state index contributed by atoms with van der Waals surface area (Å²) in [4.78, 5) is 0.273. The van der Waals surface area contributed by atoms with Gasteiger partial charge in [-0.1, -0.05) is 0 Å². The van der Waals surface area contributed by atoms with Gasteiger partial charge in [-0.25, -0.2) is 0 Å². The number of hydrogen-bond donors (Lipinski definition) is 1. The van der Waals surface area contributed by atoms with Crippen LogP contribution in [0.3, 0.4) is 0 Å². The van der Waals surface area contributed by atoms with Crippen LogP contribution in [0.1, 0.15) is 58.1 Å². The first kappa shape index (κ1) is 28.3. The fraction of sp³-hybridized carbons (Fsp3) is 0.458. The zero-order valence-electron chi connectivity index (χ0n) is 19.6. The number of unbranched alkanes of at least 4 members (excludes halogenated alkanes) is 1. The van der Waals surface area contributed by atoms with Crippen molar-refractivity contribution >= 4 is 39.7 Å². The fourth-order valence-corrected chi connectivity index (χ4v) is 6.78. The summed E-state index contributed by atoms with van der Waals surface area (Å²) in [6, 6.07) is 13.0. The molecule has 0 saturated heterocycles. The molecule has 33 heavy (non-hydrogen) atoms. The third-order valence-electron chi connectivity index (χ3n) is 4.90. The maximum absolute atomic E-state index is 13.3. The third-order valence-corrected chi connectivity index (χ3v) is 8.62. The molecule has 0 aliphatic heterocycles. The molecule has 2 aromatic carbocycles. The van der Waals surface area contributed by atoms with E-state index in [1.165, 1.54) is 0 Å². The zero-order chi connectivity index (χ0) is 24.4. The third kappa shape index (κ3) is 8.63. The van der Waals surface area contributed by atoms with Gasteiger partial charge >= 0.3 is 213 Å². The van der Waals surface area contributed by atoms with Crippen molar-refractivity contribution in [2.24, 2.45) is 0 Å². The summed E-state index contributed by atoms with van der Waals surface area (Å²) in [5, 5.41) is 3.40. The van der Waals surface area contributed by atoms with Gasteiger partial charge in [0.2, 0.25) is 0 Å². The van der Waals surface area contributed by atoms with Crippen molar-refractivity contribution in [2.75, 3.05) is 18.4 Å². The molecule has 0 aromatic heterocycles. The summed E-state index contributed by atoms with van der Waals surface area (Å²) in [6.07, 6.45) is 2.59. The molecule has 0 bridgehead atoms. The van der Waals surface area contributed by atoms with E-state index >= 15 is 0 Å². The molecule has 9 heteroatoms. The Balaban J connectivity index is 2.36. The monoisotopic (exact) mass is 602 g/mol. The van der Waals surface area contributed by atoms with E-state index in [-0.39, 0.29) is 11.0 Å². The summed E-state index contributed by atoms with van der Waals surface area (Å²) in [5.74, 6) is 0.769. The number of nitrogens with one attached hydrogen (secondary N) is 1. The van der Waals surface area contributed by atoms with Crippen LogP contribution in [0, 0.1) is 0 Å². The van der Waals surface area contributed by atoms with Crippen LogP contribution >= 0.6 is 19.4 Å². The van der Waals surface area contributed by atoms with Crippen LogP contribution in [-0.2, 0) is 30.1 Å². The second-order valence-electron chi connectivity index (χ2n) is 7.94. The summed E-state index contributed by atoms with van der Waals surface area (Å²) in [6.45, 7) is 9.51. The van der Waals surface area contributed by atoms with Gasteiger partial charge in [0, 0.05) is 0 Å². The SMILES string of the molecule is CCCCN(CCC)S(=O)(=O)c1ccc(CNc2ccccc2OC(C)C)c([CH]=[Ru]([Cl])[Cl])c1. The van der Waals surface area contributed by atoms with Gasteiger partial charge < -0.3 is 0 Å². The Bertz CT molecular complexity index is 1040. The Morgan fingerprint density at radius 3 is 2.45 bits per heavy atom. The molecule has 0 aliphatic carbocycles. The van der Waals surface area contributed by atoms with Crippen LogP contribution in [-0.4, -0.2) is 36.5 Å². The Labute approximate surface area is 212 Å². The fourth-order valence-electron chi connectivity index (χ4n) is 3.32. The van der Waals surface area contributed by atoms with E-state index in [4.69, 9.17) is 24.1 Å². The molecule has 1 N–H and O–H groups in total. The molecule has 0 aliphatic rings. The minimum absolute atomic E-state index is 0.0551. The van der Waals surface area contributed by atoms with Crippen LogP contribution in [0.2, 0.25) is 0 Å². The van der Waals surface area contributed by atoms with Gasteiger partial charge in [0.05, 0.1) is 0 Å². The van der Waals surface area contributed by atoms with Crippen molar-refractivity contribution in [1.29, 1.82) is 0 Å². The maximum atomic E-state index is 13.3. The van der Waals surface area contributed by atoms with Gasteiger partial charge in [-0.2, -0.15) is 0 Å². The summed E-state index contributed by atoms with van der Waals surface area (Å²) >= 11 is -2.17. The number of halogens is 2. The molecule has 0 unspecified atom stereocenters. The number of nitrogens with zero attached hydrogens (tertiary/aromatic N) is 1. The molecule has 2 aromatic rings. The van der Waals surface area contributed by atoms with Gasteiger partial charge in [0.15, 0.2) is 0 Å². The van der Waals surface area contributed by atoms with Crippen molar-refractivity contribution in [1.82, 2.24) is 4.31 Å². The van der Waals surface area contributed by atoms with Crippen molar-refractivity contribution in [2.45, 2.75) is 64.5 Å². The topological polar surface area (TPSA) is 58.6 Å². The number of para-hydroxylation sites is 2. The average Bonchev–Trinajstić information content (AvgIpc) is 2.75. The van der Waals surface area contributed by atoms with Crippen LogP contribution in [0.4, 0.5) is 5.69 Å². The summed E-state index contributed by atoms with van der Waals surface area (Å²) in [7, 11) is 8.77. The number of hydrogen-bond acceptors (Lipinski definition) is 4. The first-order valence-electron chi connectivity index (χ1n) is 11.1. The summed E-state index contributed by atoms with van der Waals surface area (Å²) < 4.78 is 35.9. The molecule has 0 spiro atoms. The summed E-state index contributed by atoms with van der Waals surface area (Å²) in [5.41, 5.74) is 2.54. The molecule has 2 rings (SSSR count). The van der Waals surface area contributed by atoms with Gasteiger partial charge in [-0.05, 0) is 0 Å². The van der Waals surface area contributed by atoms with Gasteiger partial charge in [0.25, 0.3) is 0 Å². The van der Waals surface area contributed by atoms with Crippen LogP contribution in [0.25, 0.3) is 0 Å². The standard InChI is InChI=1S/C24H34N2O3S.2ClH.Ru/c1-6-8-16-26(15-7-2)30(27,28)22-14-13-21(20(5)17-22)18-25-23-11-9-10-12-24(23)29-19(3)4;;;/h5,9-14,17,19,25H,6-8,15-16,18H2,1-4H3;2*1H;/q;;;+2/p-2. The van der Waals surface area contributed by atoms with Crippen molar-refractivity contribution in [3.63, 3.8) is 0 Å². The van der Waals surface area contributed by atoms with Crippen LogP contribution < -0.4 is 10.1 Å². The Hall–Kier alpha value is -0.977. The van der Waals surface area contributed by atoms with E-state index in [0.717, 1.165) is 41.8 Å². The molecule has 0 fully saturated rings. The van der Waals surface area contributed by atoms with E-state index < -0.39 is 23.5 Å². The first-order valence-corrected chi connectivity index (χ1v) is 18.1. The molecule has 5 nitrogen and oxygen atoms in total. The molecule has 0 atom stereocenters. The minimum atomic E-state index is -3.60. The van der Waals surface area contributed by atoms with Crippen LogP contribution in [0.15, 0.2) is 47.4 Å². The predicted octanol–water partition coefficient (Wildman–Crippen LogP) is 6.36. The van der Waals surface area contributed by atoms with Gasteiger partial charge in [-0.3, -0.25) is 0 Å². The molecule has 0 heterocycles. The van der Waals surface area contributed by atoms with E-state index in [0.29, 0.717) is 19.6 Å². The Morgan fingerprint density at radius 1 is 1.09 bits per heavy atom. The quantitative estimate of drug-likeness (QED) is 0.271.